The molecular weight excluding hydrogens is 358 g/mol. The number of hydrogen-bond acceptors (Lipinski definition) is 7. The molecule has 0 unspecified atom stereocenters. The molecule has 1 aromatic carbocycles. The van der Waals surface area contributed by atoms with Gasteiger partial charge in [-0.2, -0.15) is 4.68 Å². The highest BCUT2D eigenvalue weighted by atomic mass is 32.1. The Kier molecular flexibility index (Phi) is 4.21. The van der Waals surface area contributed by atoms with E-state index in [1.54, 1.807) is 12.1 Å². The van der Waals surface area contributed by atoms with Gasteiger partial charge in [0.15, 0.2) is 11.5 Å². The molecule has 0 fully saturated rings. The van der Waals surface area contributed by atoms with Crippen LogP contribution in [0.2, 0.25) is 0 Å². The van der Waals surface area contributed by atoms with E-state index in [1.807, 2.05) is 30.5 Å². The van der Waals surface area contributed by atoms with Crippen molar-refractivity contribution in [3.8, 4) is 22.3 Å². The summed E-state index contributed by atoms with van der Waals surface area (Å²) in [5, 5.41) is 8.76. The summed E-state index contributed by atoms with van der Waals surface area (Å²) in [5.41, 5.74) is 0.870. The van der Waals surface area contributed by atoms with Gasteiger partial charge in [-0.15, -0.1) is 16.4 Å². The molecule has 1 N–H and O–H groups in total. The monoisotopic (exact) mass is 373 g/mol. The van der Waals surface area contributed by atoms with Crippen molar-refractivity contribution in [2.45, 2.75) is 19.5 Å². The van der Waals surface area contributed by atoms with E-state index in [0.29, 0.717) is 11.5 Å². The second-order valence-corrected chi connectivity index (χ2v) is 6.66. The van der Waals surface area contributed by atoms with E-state index in [4.69, 9.17) is 13.9 Å². The van der Waals surface area contributed by atoms with E-state index in [0.717, 1.165) is 15.1 Å². The molecule has 2 aromatic heterocycles. The Morgan fingerprint density at radius 1 is 1.35 bits per heavy atom. The minimum Gasteiger partial charge on any atom is -0.454 e. The van der Waals surface area contributed by atoms with Crippen LogP contribution < -0.4 is 20.5 Å². The molecule has 134 valence electrons. The van der Waals surface area contributed by atoms with Crippen LogP contribution in [0.4, 0.5) is 0 Å². The van der Waals surface area contributed by atoms with Gasteiger partial charge in [0.2, 0.25) is 12.7 Å². The van der Waals surface area contributed by atoms with Crippen molar-refractivity contribution < 1.29 is 18.7 Å². The summed E-state index contributed by atoms with van der Waals surface area (Å²) < 4.78 is 16.7. The number of ether oxygens (including phenoxy) is 2. The Hall–Kier alpha value is -3.07. The predicted molar refractivity (Wildman–Crippen MR) is 93.2 cm³/mol. The first-order valence-electron chi connectivity index (χ1n) is 7.91. The lowest BCUT2D eigenvalue weighted by atomic mass is 10.1. The quantitative estimate of drug-likeness (QED) is 0.736. The van der Waals surface area contributed by atoms with Crippen molar-refractivity contribution in [3.05, 3.63) is 51.8 Å². The number of carbonyl (C=O) groups is 1. The molecule has 0 saturated carbocycles. The number of amides is 1. The van der Waals surface area contributed by atoms with Gasteiger partial charge >= 0.3 is 5.76 Å². The van der Waals surface area contributed by atoms with Gasteiger partial charge in [-0.25, -0.2) is 4.79 Å². The number of aromatic nitrogens is 2. The van der Waals surface area contributed by atoms with Crippen LogP contribution in [0, 0.1) is 0 Å². The van der Waals surface area contributed by atoms with Crippen LogP contribution in [-0.2, 0) is 11.3 Å². The fourth-order valence-corrected chi connectivity index (χ4v) is 3.24. The Labute approximate surface area is 152 Å². The van der Waals surface area contributed by atoms with Crippen LogP contribution in [0.25, 0.3) is 10.8 Å². The largest absolute Gasteiger partial charge is 0.454 e. The lowest BCUT2D eigenvalue weighted by molar-refractivity contribution is -0.122. The number of carbonyl (C=O) groups excluding carboxylic acids is 1. The summed E-state index contributed by atoms with van der Waals surface area (Å²) in [6, 6.07) is 8.84. The lowest BCUT2D eigenvalue weighted by Gasteiger charge is -2.14. The van der Waals surface area contributed by atoms with Crippen LogP contribution >= 0.6 is 11.3 Å². The van der Waals surface area contributed by atoms with Gasteiger partial charge < -0.3 is 19.2 Å². The number of hydrogen-bond donors (Lipinski definition) is 1. The third-order valence-corrected chi connectivity index (χ3v) is 4.76. The van der Waals surface area contributed by atoms with Crippen molar-refractivity contribution in [3.63, 3.8) is 0 Å². The number of rotatable bonds is 5. The van der Waals surface area contributed by atoms with Crippen molar-refractivity contribution in [1.82, 2.24) is 15.1 Å². The SMILES string of the molecule is C[C@H](NC(=O)Cn1nc(-c2cccs2)oc1=O)c1ccc2c(c1)OCO2. The fourth-order valence-electron chi connectivity index (χ4n) is 2.59. The van der Waals surface area contributed by atoms with E-state index >= 15 is 0 Å². The van der Waals surface area contributed by atoms with Gasteiger partial charge in [-0.3, -0.25) is 4.79 Å². The zero-order valence-electron chi connectivity index (χ0n) is 13.8. The van der Waals surface area contributed by atoms with Crippen LogP contribution in [-0.4, -0.2) is 22.5 Å². The Morgan fingerprint density at radius 2 is 2.19 bits per heavy atom. The molecule has 0 saturated heterocycles. The van der Waals surface area contributed by atoms with E-state index in [2.05, 4.69) is 10.4 Å². The van der Waals surface area contributed by atoms with Crippen molar-refractivity contribution in [2.75, 3.05) is 6.79 Å². The summed E-state index contributed by atoms with van der Waals surface area (Å²) in [4.78, 5) is 24.9. The molecule has 9 heteroatoms. The predicted octanol–water partition coefficient (Wildman–Crippen LogP) is 2.17. The first-order chi connectivity index (χ1) is 12.6. The van der Waals surface area contributed by atoms with Crippen LogP contribution in [0.5, 0.6) is 11.5 Å². The summed E-state index contributed by atoms with van der Waals surface area (Å²) in [7, 11) is 0. The Morgan fingerprint density at radius 3 is 3.00 bits per heavy atom. The molecule has 1 atom stereocenters. The summed E-state index contributed by atoms with van der Waals surface area (Å²) in [6.45, 7) is 1.82. The third-order valence-electron chi connectivity index (χ3n) is 3.91. The van der Waals surface area contributed by atoms with Crippen LogP contribution in [0.3, 0.4) is 0 Å². The maximum absolute atomic E-state index is 12.3. The van der Waals surface area contributed by atoms with Crippen molar-refractivity contribution in [2.24, 2.45) is 0 Å². The molecule has 1 aliphatic rings. The molecule has 1 amide bonds. The van der Waals surface area contributed by atoms with Gasteiger partial charge in [0.25, 0.3) is 5.89 Å². The van der Waals surface area contributed by atoms with Crippen LogP contribution in [0.1, 0.15) is 18.5 Å². The second kappa shape index (κ2) is 6.68. The summed E-state index contributed by atoms with van der Waals surface area (Å²) in [6.07, 6.45) is 0. The molecule has 0 bridgehead atoms. The Bertz CT molecular complexity index is 992. The van der Waals surface area contributed by atoms with E-state index in [1.165, 1.54) is 11.3 Å². The molecule has 3 heterocycles. The molecule has 3 aromatic rings. The fraction of sp³-hybridized carbons (Fsp3) is 0.235. The maximum Gasteiger partial charge on any atom is 0.437 e. The van der Waals surface area contributed by atoms with Gasteiger partial charge in [0, 0.05) is 0 Å². The lowest BCUT2D eigenvalue weighted by Crippen LogP contribution is -2.33. The second-order valence-electron chi connectivity index (χ2n) is 5.71. The summed E-state index contributed by atoms with van der Waals surface area (Å²) in [5.74, 6) is 0.531. The van der Waals surface area contributed by atoms with Gasteiger partial charge in [0.05, 0.1) is 10.9 Å². The van der Waals surface area contributed by atoms with Gasteiger partial charge in [0.1, 0.15) is 6.54 Å². The minimum atomic E-state index is -0.667. The zero-order chi connectivity index (χ0) is 18.1. The number of thiophene rings is 1. The van der Waals surface area contributed by atoms with Crippen molar-refractivity contribution >= 4 is 17.2 Å². The maximum atomic E-state index is 12.3. The van der Waals surface area contributed by atoms with Gasteiger partial charge in [-0.1, -0.05) is 12.1 Å². The van der Waals surface area contributed by atoms with E-state index in [9.17, 15) is 9.59 Å². The molecule has 0 aliphatic carbocycles. The number of fused-ring (bicyclic) bond motifs is 1. The zero-order valence-corrected chi connectivity index (χ0v) is 14.6. The molecule has 1 aliphatic heterocycles. The molecule has 0 radical (unpaired) electrons. The normalized spacial score (nSPS) is 13.6. The van der Waals surface area contributed by atoms with E-state index < -0.39 is 5.76 Å². The average Bonchev–Trinajstić information content (AvgIpc) is 3.35. The first kappa shape index (κ1) is 16.4. The minimum absolute atomic E-state index is 0.196. The molecule has 26 heavy (non-hydrogen) atoms. The Balaban J connectivity index is 1.43. The van der Waals surface area contributed by atoms with E-state index in [-0.39, 0.29) is 31.2 Å². The average molecular weight is 373 g/mol. The number of benzene rings is 1. The highest BCUT2D eigenvalue weighted by Crippen LogP contribution is 2.34. The van der Waals surface area contributed by atoms with Gasteiger partial charge in [-0.05, 0) is 36.1 Å². The molecule has 0 spiro atoms. The standard InChI is InChI=1S/C17H15N3O5S/c1-10(11-4-5-12-13(7-11)24-9-23-12)18-15(21)8-20-17(22)25-16(19-20)14-3-2-6-26-14/h2-7,10H,8-9H2,1H3,(H,18,21)/t10-/m0/s1. The number of nitrogens with zero attached hydrogens (tertiary/aromatic N) is 2. The highest BCUT2D eigenvalue weighted by Gasteiger charge is 2.18. The highest BCUT2D eigenvalue weighted by molar-refractivity contribution is 7.13. The topological polar surface area (TPSA) is 95.6 Å². The van der Waals surface area contributed by atoms with Crippen LogP contribution in [0.15, 0.2) is 44.9 Å². The third kappa shape index (κ3) is 3.21. The molecular formula is C17H15N3O5S. The molecule has 8 nitrogen and oxygen atoms in total. The number of nitrogens with one attached hydrogen (secondary N) is 1. The smallest absolute Gasteiger partial charge is 0.437 e. The summed E-state index contributed by atoms with van der Waals surface area (Å²) >= 11 is 1.40. The first-order valence-corrected chi connectivity index (χ1v) is 8.79. The van der Waals surface area contributed by atoms with Crippen molar-refractivity contribution in [1.29, 1.82) is 0 Å². The molecule has 4 rings (SSSR count).